The van der Waals surface area contributed by atoms with E-state index in [2.05, 4.69) is 10.3 Å². The molecule has 1 aliphatic heterocycles. The molecule has 0 spiro atoms. The molecule has 1 aromatic rings. The van der Waals surface area contributed by atoms with E-state index < -0.39 is 24.3 Å². The van der Waals surface area contributed by atoms with Gasteiger partial charge in [-0.05, 0) is 12.5 Å². The Morgan fingerprint density at radius 1 is 1.53 bits per heavy atom. The zero-order chi connectivity index (χ0) is 14.1. The number of aromatic nitrogens is 1. The van der Waals surface area contributed by atoms with Crippen molar-refractivity contribution in [2.75, 3.05) is 19.0 Å². The van der Waals surface area contributed by atoms with Gasteiger partial charge in [0.1, 0.15) is 0 Å². The van der Waals surface area contributed by atoms with E-state index in [4.69, 9.17) is 4.74 Å². The van der Waals surface area contributed by atoms with Gasteiger partial charge in [0.05, 0.1) is 24.6 Å². The van der Waals surface area contributed by atoms with Crippen LogP contribution in [0.5, 0.6) is 0 Å². The standard InChI is InChI=1S/C12H15F3N2O2/c1-16-10-7-17-4-2-9(10)11(12(13,14)15)6-8(18)3-5-19-11/h2,4,7-8,16,18H,3,5-6H2,1H3. The fraction of sp³-hybridized carbons (Fsp3) is 0.583. The summed E-state index contributed by atoms with van der Waals surface area (Å²) in [6, 6.07) is 1.28. The Kier molecular flexibility index (Phi) is 3.69. The van der Waals surface area contributed by atoms with Crippen LogP contribution in [0.3, 0.4) is 0 Å². The Balaban J connectivity index is 2.55. The number of pyridine rings is 1. The lowest BCUT2D eigenvalue weighted by Gasteiger charge is -2.41. The van der Waals surface area contributed by atoms with Crippen molar-refractivity contribution in [3.8, 4) is 0 Å². The summed E-state index contributed by atoms with van der Waals surface area (Å²) in [5.74, 6) is 0. The first-order valence-electron chi connectivity index (χ1n) is 5.92. The van der Waals surface area contributed by atoms with Crippen molar-refractivity contribution in [2.24, 2.45) is 0 Å². The molecule has 1 fully saturated rings. The number of nitrogens with zero attached hydrogens (tertiary/aromatic N) is 1. The Hall–Kier alpha value is -1.34. The molecular formula is C12H15F3N2O2. The lowest BCUT2D eigenvalue weighted by molar-refractivity contribution is -0.306. The summed E-state index contributed by atoms with van der Waals surface area (Å²) in [7, 11) is 1.52. The number of hydrogen-bond acceptors (Lipinski definition) is 4. The van der Waals surface area contributed by atoms with Crippen molar-refractivity contribution in [3.63, 3.8) is 0 Å². The molecule has 0 amide bonds. The van der Waals surface area contributed by atoms with Crippen molar-refractivity contribution >= 4 is 5.69 Å². The number of hydrogen-bond donors (Lipinski definition) is 2. The van der Waals surface area contributed by atoms with Gasteiger partial charge in [-0.25, -0.2) is 0 Å². The highest BCUT2D eigenvalue weighted by molar-refractivity contribution is 5.52. The van der Waals surface area contributed by atoms with E-state index in [-0.39, 0.29) is 24.3 Å². The minimum Gasteiger partial charge on any atom is -0.393 e. The molecule has 1 aliphatic rings. The Morgan fingerprint density at radius 3 is 2.84 bits per heavy atom. The average Bonchev–Trinajstić information content (AvgIpc) is 2.37. The van der Waals surface area contributed by atoms with E-state index >= 15 is 0 Å². The fourth-order valence-electron chi connectivity index (χ4n) is 2.35. The van der Waals surface area contributed by atoms with Gasteiger partial charge < -0.3 is 15.2 Å². The molecule has 0 aromatic carbocycles. The van der Waals surface area contributed by atoms with Gasteiger partial charge in [-0.2, -0.15) is 13.2 Å². The zero-order valence-electron chi connectivity index (χ0n) is 10.4. The lowest BCUT2D eigenvalue weighted by atomic mass is 9.84. The second-order valence-electron chi connectivity index (χ2n) is 4.49. The van der Waals surface area contributed by atoms with Crippen LogP contribution in [0.1, 0.15) is 18.4 Å². The molecule has 0 aliphatic carbocycles. The van der Waals surface area contributed by atoms with Crippen LogP contribution < -0.4 is 5.32 Å². The average molecular weight is 276 g/mol. The minimum absolute atomic E-state index is 0.0451. The molecule has 1 saturated heterocycles. The van der Waals surface area contributed by atoms with E-state index in [0.717, 1.165) is 0 Å². The highest BCUT2D eigenvalue weighted by Gasteiger charge is 2.60. The summed E-state index contributed by atoms with van der Waals surface area (Å²) in [5, 5.41) is 12.3. The van der Waals surface area contributed by atoms with Crippen molar-refractivity contribution in [1.82, 2.24) is 4.98 Å². The van der Waals surface area contributed by atoms with Crippen LogP contribution in [-0.4, -0.2) is 36.0 Å². The van der Waals surface area contributed by atoms with Crippen LogP contribution in [0.4, 0.5) is 18.9 Å². The van der Waals surface area contributed by atoms with Crippen molar-refractivity contribution in [3.05, 3.63) is 24.0 Å². The van der Waals surface area contributed by atoms with E-state index in [1.54, 1.807) is 0 Å². The van der Waals surface area contributed by atoms with E-state index in [9.17, 15) is 18.3 Å². The van der Waals surface area contributed by atoms with Crippen molar-refractivity contribution in [1.29, 1.82) is 0 Å². The number of aliphatic hydroxyl groups excluding tert-OH is 1. The summed E-state index contributed by atoms with van der Waals surface area (Å²) in [4.78, 5) is 3.80. The number of alkyl halides is 3. The molecular weight excluding hydrogens is 261 g/mol. The van der Waals surface area contributed by atoms with Crippen molar-refractivity contribution < 1.29 is 23.0 Å². The molecule has 0 bridgehead atoms. The van der Waals surface area contributed by atoms with Gasteiger partial charge in [0.15, 0.2) is 5.60 Å². The fourth-order valence-corrected chi connectivity index (χ4v) is 2.35. The summed E-state index contributed by atoms with van der Waals surface area (Å²) in [6.45, 7) is -0.133. The predicted octanol–water partition coefficient (Wildman–Crippen LogP) is 2.05. The molecule has 1 aromatic heterocycles. The maximum Gasteiger partial charge on any atom is 0.421 e. The predicted molar refractivity (Wildman–Crippen MR) is 62.7 cm³/mol. The van der Waals surface area contributed by atoms with E-state index in [1.807, 2.05) is 0 Å². The van der Waals surface area contributed by atoms with Gasteiger partial charge in [-0.1, -0.05) is 0 Å². The first-order chi connectivity index (χ1) is 8.90. The number of anilines is 1. The quantitative estimate of drug-likeness (QED) is 0.868. The third kappa shape index (κ3) is 2.40. The van der Waals surface area contributed by atoms with Gasteiger partial charge in [-0.15, -0.1) is 0 Å². The van der Waals surface area contributed by atoms with Crippen LogP contribution in [0.2, 0.25) is 0 Å². The number of halogens is 3. The SMILES string of the molecule is CNc1cnccc1C1(C(F)(F)F)CC(O)CCO1. The lowest BCUT2D eigenvalue weighted by Crippen LogP contribution is -2.50. The van der Waals surface area contributed by atoms with Crippen LogP contribution in [0, 0.1) is 0 Å². The topological polar surface area (TPSA) is 54.4 Å². The molecule has 0 radical (unpaired) electrons. The smallest absolute Gasteiger partial charge is 0.393 e. The first-order valence-corrected chi connectivity index (χ1v) is 5.92. The summed E-state index contributed by atoms with van der Waals surface area (Å²) >= 11 is 0. The molecule has 2 N–H and O–H groups in total. The highest BCUT2D eigenvalue weighted by Crippen LogP contribution is 2.49. The molecule has 106 valence electrons. The first kappa shape index (κ1) is 14.1. The minimum atomic E-state index is -4.61. The van der Waals surface area contributed by atoms with Crippen LogP contribution >= 0.6 is 0 Å². The van der Waals surface area contributed by atoms with Crippen LogP contribution in [0.15, 0.2) is 18.5 Å². The monoisotopic (exact) mass is 276 g/mol. The molecule has 2 atom stereocenters. The molecule has 2 heterocycles. The summed E-state index contributed by atoms with van der Waals surface area (Å²) < 4.78 is 45.5. The maximum absolute atomic E-state index is 13.5. The molecule has 4 nitrogen and oxygen atoms in total. The van der Waals surface area contributed by atoms with Gasteiger partial charge >= 0.3 is 6.18 Å². The number of aliphatic hydroxyl groups is 1. The van der Waals surface area contributed by atoms with Gasteiger partial charge in [0.25, 0.3) is 0 Å². The molecule has 0 saturated carbocycles. The van der Waals surface area contributed by atoms with Crippen molar-refractivity contribution in [2.45, 2.75) is 30.7 Å². The summed E-state index contributed by atoms with van der Waals surface area (Å²) in [6.07, 6.45) is -3.34. The largest absolute Gasteiger partial charge is 0.421 e. The van der Waals surface area contributed by atoms with E-state index in [1.165, 1.54) is 25.5 Å². The Labute approximate surface area is 108 Å². The molecule has 2 rings (SSSR count). The van der Waals surface area contributed by atoms with Crippen LogP contribution in [-0.2, 0) is 10.3 Å². The Bertz CT molecular complexity index is 453. The molecule has 19 heavy (non-hydrogen) atoms. The third-order valence-electron chi connectivity index (χ3n) is 3.31. The second kappa shape index (κ2) is 4.97. The van der Waals surface area contributed by atoms with Gasteiger partial charge in [-0.3, -0.25) is 4.98 Å². The third-order valence-corrected chi connectivity index (χ3v) is 3.31. The van der Waals surface area contributed by atoms with Gasteiger partial charge in [0.2, 0.25) is 0 Å². The zero-order valence-corrected chi connectivity index (χ0v) is 10.4. The van der Waals surface area contributed by atoms with Crippen LogP contribution in [0.25, 0.3) is 0 Å². The number of ether oxygens (including phenoxy) is 1. The highest BCUT2D eigenvalue weighted by atomic mass is 19.4. The second-order valence-corrected chi connectivity index (χ2v) is 4.49. The maximum atomic E-state index is 13.5. The number of nitrogens with one attached hydrogen (secondary N) is 1. The summed E-state index contributed by atoms with van der Waals surface area (Å²) in [5.41, 5.74) is -2.28. The Morgan fingerprint density at radius 2 is 2.26 bits per heavy atom. The number of rotatable bonds is 2. The van der Waals surface area contributed by atoms with E-state index in [0.29, 0.717) is 0 Å². The molecule has 7 heteroatoms. The van der Waals surface area contributed by atoms with Gasteiger partial charge in [0, 0.05) is 25.2 Å². The normalized spacial score (nSPS) is 28.2. The molecule has 2 unspecified atom stereocenters.